The first kappa shape index (κ1) is 15.4. The van der Waals surface area contributed by atoms with E-state index < -0.39 is 12.0 Å². The number of carboxylic acid groups (broad SMARTS) is 1. The van der Waals surface area contributed by atoms with Gasteiger partial charge in [-0.15, -0.1) is 0 Å². The van der Waals surface area contributed by atoms with Crippen LogP contribution in [0.15, 0.2) is 18.2 Å². The topological polar surface area (TPSA) is 66.4 Å². The van der Waals surface area contributed by atoms with E-state index in [1.807, 2.05) is 39.8 Å². The Kier molecular flexibility index (Phi) is 5.24. The van der Waals surface area contributed by atoms with Gasteiger partial charge >= 0.3 is 5.97 Å². The molecule has 1 rings (SSSR count). The average Bonchev–Trinajstić information content (AvgIpc) is 2.26. The molecule has 0 spiro atoms. The second-order valence-electron chi connectivity index (χ2n) is 5.15. The van der Waals surface area contributed by atoms with Gasteiger partial charge in [-0.1, -0.05) is 37.6 Å². The van der Waals surface area contributed by atoms with Crippen molar-refractivity contribution < 1.29 is 14.7 Å². The molecule has 1 atom stereocenters. The van der Waals surface area contributed by atoms with Crippen LogP contribution in [0.3, 0.4) is 0 Å². The van der Waals surface area contributed by atoms with Crippen molar-refractivity contribution in [2.24, 2.45) is 0 Å². The Morgan fingerprint density at radius 2 is 1.89 bits per heavy atom. The van der Waals surface area contributed by atoms with Crippen LogP contribution in [0.1, 0.15) is 41.8 Å². The van der Waals surface area contributed by atoms with E-state index in [0.29, 0.717) is 5.56 Å². The molecule has 19 heavy (non-hydrogen) atoms. The number of ketones is 1. The van der Waals surface area contributed by atoms with Gasteiger partial charge in [0.1, 0.15) is 0 Å². The second kappa shape index (κ2) is 6.48. The molecule has 1 aromatic rings. The number of Topliss-reactive ketones (excluding diaryl/α,β-unsaturated/α-hetero) is 1. The third-order valence-corrected chi connectivity index (χ3v) is 2.88. The number of carbonyl (C=O) groups excluding carboxylic acids is 1. The molecule has 0 aliphatic carbocycles. The van der Waals surface area contributed by atoms with Gasteiger partial charge in [-0.3, -0.25) is 9.59 Å². The molecule has 0 radical (unpaired) electrons. The van der Waals surface area contributed by atoms with Gasteiger partial charge in [0.05, 0.1) is 12.5 Å². The SMILES string of the molecule is Cc1ccc(C(=O)C(CC(=O)O)NC(C)C)c(C)c1. The molecule has 0 aromatic heterocycles. The normalized spacial score (nSPS) is 12.5. The zero-order valence-electron chi connectivity index (χ0n) is 11.9. The molecule has 4 heteroatoms. The van der Waals surface area contributed by atoms with Gasteiger partial charge in [0.25, 0.3) is 0 Å². The highest BCUT2D eigenvalue weighted by Crippen LogP contribution is 2.14. The maximum absolute atomic E-state index is 12.4. The zero-order valence-corrected chi connectivity index (χ0v) is 11.9. The lowest BCUT2D eigenvalue weighted by Gasteiger charge is -2.19. The monoisotopic (exact) mass is 263 g/mol. The van der Waals surface area contributed by atoms with E-state index in [0.717, 1.165) is 11.1 Å². The lowest BCUT2D eigenvalue weighted by Crippen LogP contribution is -2.42. The van der Waals surface area contributed by atoms with Crippen molar-refractivity contribution in [3.63, 3.8) is 0 Å². The lowest BCUT2D eigenvalue weighted by atomic mass is 9.96. The predicted octanol–water partition coefficient (Wildman–Crippen LogP) is 2.33. The van der Waals surface area contributed by atoms with Crippen molar-refractivity contribution >= 4 is 11.8 Å². The van der Waals surface area contributed by atoms with Crippen LogP contribution < -0.4 is 5.32 Å². The Morgan fingerprint density at radius 1 is 1.26 bits per heavy atom. The number of carboxylic acids is 1. The molecule has 1 aromatic carbocycles. The Morgan fingerprint density at radius 3 is 2.37 bits per heavy atom. The molecule has 0 aliphatic rings. The van der Waals surface area contributed by atoms with Crippen molar-refractivity contribution in [3.8, 4) is 0 Å². The van der Waals surface area contributed by atoms with Crippen LogP contribution in [0.25, 0.3) is 0 Å². The molecule has 0 aliphatic heterocycles. The standard InChI is InChI=1S/C15H21NO3/c1-9(2)16-13(8-14(17)18)15(19)12-6-5-10(3)7-11(12)4/h5-7,9,13,16H,8H2,1-4H3,(H,17,18). The minimum absolute atomic E-state index is 0.0547. The molecule has 0 saturated heterocycles. The molecule has 2 N–H and O–H groups in total. The van der Waals surface area contributed by atoms with Gasteiger partial charge in [0.15, 0.2) is 5.78 Å². The summed E-state index contributed by atoms with van der Waals surface area (Å²) in [7, 11) is 0. The summed E-state index contributed by atoms with van der Waals surface area (Å²) in [6.07, 6.45) is -0.204. The van der Waals surface area contributed by atoms with Crippen LogP contribution in [0.2, 0.25) is 0 Å². The van der Waals surface area contributed by atoms with Crippen molar-refractivity contribution in [1.82, 2.24) is 5.32 Å². The fraction of sp³-hybridized carbons (Fsp3) is 0.467. The number of aliphatic carboxylic acids is 1. The number of aryl methyl sites for hydroxylation is 2. The largest absolute Gasteiger partial charge is 0.481 e. The van der Waals surface area contributed by atoms with Crippen LogP contribution in [0, 0.1) is 13.8 Å². The number of rotatable bonds is 6. The lowest BCUT2D eigenvalue weighted by molar-refractivity contribution is -0.137. The summed E-state index contributed by atoms with van der Waals surface area (Å²) >= 11 is 0. The minimum Gasteiger partial charge on any atom is -0.481 e. The third kappa shape index (κ3) is 4.48. The van der Waals surface area contributed by atoms with Gasteiger partial charge < -0.3 is 10.4 Å². The molecule has 1 unspecified atom stereocenters. The summed E-state index contributed by atoms with van der Waals surface area (Å²) in [4.78, 5) is 23.3. The second-order valence-corrected chi connectivity index (χ2v) is 5.15. The maximum atomic E-state index is 12.4. The number of nitrogens with one attached hydrogen (secondary N) is 1. The Bertz CT molecular complexity index is 480. The average molecular weight is 263 g/mol. The molecule has 0 fully saturated rings. The van der Waals surface area contributed by atoms with E-state index in [1.165, 1.54) is 0 Å². The van der Waals surface area contributed by atoms with Gasteiger partial charge in [-0.25, -0.2) is 0 Å². The molecular weight excluding hydrogens is 242 g/mol. The van der Waals surface area contributed by atoms with Crippen molar-refractivity contribution in [2.45, 2.75) is 46.2 Å². The first-order chi connectivity index (χ1) is 8.81. The number of benzene rings is 1. The third-order valence-electron chi connectivity index (χ3n) is 2.88. The van der Waals surface area contributed by atoms with Crippen molar-refractivity contribution in [2.75, 3.05) is 0 Å². The summed E-state index contributed by atoms with van der Waals surface area (Å²) in [5.41, 5.74) is 2.55. The van der Waals surface area contributed by atoms with Crippen LogP contribution >= 0.6 is 0 Å². The Balaban J connectivity index is 3.00. The molecule has 4 nitrogen and oxygen atoms in total. The summed E-state index contributed by atoms with van der Waals surface area (Å²) in [6, 6.07) is 4.94. The predicted molar refractivity (Wildman–Crippen MR) is 74.6 cm³/mol. The Labute approximate surface area is 113 Å². The molecule has 0 amide bonds. The van der Waals surface area contributed by atoms with Crippen LogP contribution in [0.4, 0.5) is 0 Å². The van der Waals surface area contributed by atoms with Crippen molar-refractivity contribution in [1.29, 1.82) is 0 Å². The summed E-state index contributed by atoms with van der Waals surface area (Å²) in [5, 5.41) is 11.9. The molecule has 0 bridgehead atoms. The minimum atomic E-state index is -0.976. The van der Waals surface area contributed by atoms with E-state index in [1.54, 1.807) is 6.07 Å². The molecule has 104 valence electrons. The van der Waals surface area contributed by atoms with Gasteiger partial charge in [-0.05, 0) is 19.4 Å². The molecule has 0 saturated carbocycles. The summed E-state index contributed by atoms with van der Waals surface area (Å²) in [5.74, 6) is -1.13. The highest BCUT2D eigenvalue weighted by Gasteiger charge is 2.24. The molecular formula is C15H21NO3. The maximum Gasteiger partial charge on any atom is 0.305 e. The summed E-state index contributed by atoms with van der Waals surface area (Å²) in [6.45, 7) is 7.62. The summed E-state index contributed by atoms with van der Waals surface area (Å²) < 4.78 is 0. The number of carbonyl (C=O) groups is 2. The molecule has 0 heterocycles. The first-order valence-electron chi connectivity index (χ1n) is 6.40. The highest BCUT2D eigenvalue weighted by atomic mass is 16.4. The van der Waals surface area contributed by atoms with E-state index in [2.05, 4.69) is 5.32 Å². The van der Waals surface area contributed by atoms with Gasteiger partial charge in [0.2, 0.25) is 0 Å². The highest BCUT2D eigenvalue weighted by molar-refractivity contribution is 6.02. The van der Waals surface area contributed by atoms with Crippen LogP contribution in [-0.4, -0.2) is 28.9 Å². The van der Waals surface area contributed by atoms with E-state index in [9.17, 15) is 9.59 Å². The quantitative estimate of drug-likeness (QED) is 0.773. The number of hydrogen-bond acceptors (Lipinski definition) is 3. The van der Waals surface area contributed by atoms with Crippen LogP contribution in [0.5, 0.6) is 0 Å². The van der Waals surface area contributed by atoms with Gasteiger partial charge in [0, 0.05) is 11.6 Å². The Hall–Kier alpha value is -1.68. The fourth-order valence-electron chi connectivity index (χ4n) is 2.08. The van der Waals surface area contributed by atoms with Crippen LogP contribution in [-0.2, 0) is 4.79 Å². The number of hydrogen-bond donors (Lipinski definition) is 2. The smallest absolute Gasteiger partial charge is 0.305 e. The van der Waals surface area contributed by atoms with E-state index >= 15 is 0 Å². The van der Waals surface area contributed by atoms with Gasteiger partial charge in [-0.2, -0.15) is 0 Å². The van der Waals surface area contributed by atoms with E-state index in [-0.39, 0.29) is 18.2 Å². The van der Waals surface area contributed by atoms with E-state index in [4.69, 9.17) is 5.11 Å². The fourth-order valence-corrected chi connectivity index (χ4v) is 2.08. The van der Waals surface area contributed by atoms with Crippen molar-refractivity contribution in [3.05, 3.63) is 34.9 Å². The zero-order chi connectivity index (χ0) is 14.6. The first-order valence-corrected chi connectivity index (χ1v) is 6.40.